The molecule has 0 aromatic carbocycles. The highest BCUT2D eigenvalue weighted by atomic mass is 79.9. The van der Waals surface area contributed by atoms with E-state index in [4.69, 9.17) is 4.74 Å². The number of aromatic nitrogens is 2. The van der Waals surface area contributed by atoms with E-state index in [0.717, 1.165) is 11.4 Å². The molecule has 0 bridgehead atoms. The Morgan fingerprint density at radius 1 is 1.64 bits per heavy atom. The summed E-state index contributed by atoms with van der Waals surface area (Å²) in [6.07, 6.45) is 1.01. The largest absolute Gasteiger partial charge is 0.472 e. The monoisotopic (exact) mass is 236 g/mol. The first-order valence-electron chi connectivity index (χ1n) is 3.29. The summed E-state index contributed by atoms with van der Waals surface area (Å²) in [6.45, 7) is 2.09. The molecule has 5 heteroatoms. The van der Waals surface area contributed by atoms with Gasteiger partial charge in [0.05, 0.1) is 11.9 Å². The van der Waals surface area contributed by atoms with Crippen LogP contribution in [0.1, 0.15) is 23.2 Å². The van der Waals surface area contributed by atoms with Gasteiger partial charge in [0, 0.05) is 0 Å². The molecule has 0 aliphatic rings. The fraction of sp³-hybridized carbons (Fsp3) is 0.667. The average Bonchev–Trinajstić information content (AvgIpc) is 2.50. The van der Waals surface area contributed by atoms with Gasteiger partial charge in [0.15, 0.2) is 0 Å². The molecule has 3 nitrogen and oxygen atoms in total. The van der Waals surface area contributed by atoms with Gasteiger partial charge in [-0.25, -0.2) is 0 Å². The Labute approximate surface area is 77.9 Å². The standard InChI is InChI=1S/C6H9BrN2OS/c1-3-4(7)5-8-9-6(10-2)11-5/h4H,3H2,1-2H3. The van der Waals surface area contributed by atoms with E-state index in [1.165, 1.54) is 11.3 Å². The van der Waals surface area contributed by atoms with E-state index in [0.29, 0.717) is 10.0 Å². The molecule has 0 spiro atoms. The topological polar surface area (TPSA) is 35.0 Å². The van der Waals surface area contributed by atoms with Crippen LogP contribution in [0.2, 0.25) is 0 Å². The van der Waals surface area contributed by atoms with Crippen LogP contribution in [0.25, 0.3) is 0 Å². The first kappa shape index (κ1) is 8.93. The van der Waals surface area contributed by atoms with Gasteiger partial charge in [0.2, 0.25) is 0 Å². The highest BCUT2D eigenvalue weighted by Crippen LogP contribution is 2.30. The second-order valence-electron chi connectivity index (χ2n) is 1.99. The third kappa shape index (κ3) is 2.13. The minimum atomic E-state index is 0.309. The number of hydrogen-bond donors (Lipinski definition) is 0. The maximum Gasteiger partial charge on any atom is 0.293 e. The van der Waals surface area contributed by atoms with Crippen LogP contribution < -0.4 is 4.74 Å². The van der Waals surface area contributed by atoms with Crippen LogP contribution in [0.3, 0.4) is 0 Å². The Kier molecular flexibility index (Phi) is 3.26. The van der Waals surface area contributed by atoms with E-state index >= 15 is 0 Å². The molecule has 0 saturated carbocycles. The summed E-state index contributed by atoms with van der Waals surface area (Å²) in [5.74, 6) is 0. The Hall–Kier alpha value is -0.160. The zero-order valence-corrected chi connectivity index (χ0v) is 8.78. The van der Waals surface area contributed by atoms with Gasteiger partial charge in [-0.3, -0.25) is 0 Å². The number of halogens is 1. The predicted molar refractivity (Wildman–Crippen MR) is 48.4 cm³/mol. The van der Waals surface area contributed by atoms with Gasteiger partial charge >= 0.3 is 0 Å². The van der Waals surface area contributed by atoms with Gasteiger partial charge in [-0.2, -0.15) is 0 Å². The normalized spacial score (nSPS) is 13.0. The van der Waals surface area contributed by atoms with Crippen molar-refractivity contribution in [1.82, 2.24) is 10.2 Å². The quantitative estimate of drug-likeness (QED) is 0.757. The summed E-state index contributed by atoms with van der Waals surface area (Å²) in [4.78, 5) is 0.309. The number of ether oxygens (including phenoxy) is 1. The van der Waals surface area contributed by atoms with E-state index in [-0.39, 0.29) is 0 Å². The van der Waals surface area contributed by atoms with Crippen molar-refractivity contribution in [3.8, 4) is 5.19 Å². The molecule has 0 aliphatic heterocycles. The lowest BCUT2D eigenvalue weighted by Gasteiger charge is -1.97. The smallest absolute Gasteiger partial charge is 0.293 e. The highest BCUT2D eigenvalue weighted by Gasteiger charge is 2.11. The molecule has 1 aromatic heterocycles. The number of hydrogen-bond acceptors (Lipinski definition) is 4. The lowest BCUT2D eigenvalue weighted by atomic mass is 10.4. The number of methoxy groups -OCH3 is 1. The van der Waals surface area contributed by atoms with E-state index in [1.807, 2.05) is 0 Å². The fourth-order valence-corrected chi connectivity index (χ4v) is 1.70. The second kappa shape index (κ2) is 4.01. The molecule has 0 radical (unpaired) electrons. The van der Waals surface area contributed by atoms with Crippen LogP contribution in [0.4, 0.5) is 0 Å². The van der Waals surface area contributed by atoms with Crippen LogP contribution in [0, 0.1) is 0 Å². The second-order valence-corrected chi connectivity index (χ2v) is 4.06. The SMILES string of the molecule is CCC(Br)c1nnc(OC)s1. The highest BCUT2D eigenvalue weighted by molar-refractivity contribution is 9.09. The molecule has 11 heavy (non-hydrogen) atoms. The third-order valence-electron chi connectivity index (χ3n) is 1.22. The third-order valence-corrected chi connectivity index (χ3v) is 3.61. The van der Waals surface area contributed by atoms with E-state index < -0.39 is 0 Å². The van der Waals surface area contributed by atoms with Gasteiger partial charge in [-0.1, -0.05) is 34.2 Å². The van der Waals surface area contributed by atoms with Crippen molar-refractivity contribution >= 4 is 27.3 Å². The lowest BCUT2D eigenvalue weighted by molar-refractivity contribution is 0.407. The summed E-state index contributed by atoms with van der Waals surface area (Å²) in [5.41, 5.74) is 0. The maximum absolute atomic E-state index is 4.91. The van der Waals surface area contributed by atoms with Gasteiger partial charge in [-0.05, 0) is 6.42 Å². The first-order valence-corrected chi connectivity index (χ1v) is 5.02. The first-order chi connectivity index (χ1) is 5.27. The number of rotatable bonds is 3. The molecular formula is C6H9BrN2OS. The molecule has 1 atom stereocenters. The minimum absolute atomic E-state index is 0.309. The van der Waals surface area contributed by atoms with Crippen molar-refractivity contribution in [2.45, 2.75) is 18.2 Å². The summed E-state index contributed by atoms with van der Waals surface area (Å²) in [6, 6.07) is 0. The van der Waals surface area contributed by atoms with E-state index in [2.05, 4.69) is 33.1 Å². The Balaban J connectivity index is 2.71. The van der Waals surface area contributed by atoms with Gasteiger partial charge in [-0.15, -0.1) is 10.2 Å². The molecule has 1 rings (SSSR count). The van der Waals surface area contributed by atoms with Gasteiger partial charge in [0.25, 0.3) is 5.19 Å². The molecule has 0 fully saturated rings. The van der Waals surface area contributed by atoms with Crippen molar-refractivity contribution in [3.05, 3.63) is 5.01 Å². The zero-order chi connectivity index (χ0) is 8.27. The summed E-state index contributed by atoms with van der Waals surface area (Å²) in [5, 5.41) is 9.37. The zero-order valence-electron chi connectivity index (χ0n) is 6.37. The predicted octanol–water partition coefficient (Wildman–Crippen LogP) is 2.39. The van der Waals surface area contributed by atoms with Crippen LogP contribution in [-0.4, -0.2) is 17.3 Å². The lowest BCUT2D eigenvalue weighted by Crippen LogP contribution is -1.85. The molecular weight excluding hydrogens is 228 g/mol. The molecule has 62 valence electrons. The summed E-state index contributed by atoms with van der Waals surface area (Å²) >= 11 is 4.95. The van der Waals surface area contributed by atoms with Crippen molar-refractivity contribution < 1.29 is 4.74 Å². The summed E-state index contributed by atoms with van der Waals surface area (Å²) in [7, 11) is 1.60. The number of alkyl halides is 1. The van der Waals surface area contributed by atoms with E-state index in [9.17, 15) is 0 Å². The van der Waals surface area contributed by atoms with E-state index in [1.54, 1.807) is 7.11 Å². The summed E-state index contributed by atoms with van der Waals surface area (Å²) < 4.78 is 4.91. The molecule has 0 saturated heterocycles. The fourth-order valence-electron chi connectivity index (χ4n) is 0.604. The molecule has 0 aliphatic carbocycles. The van der Waals surface area contributed by atoms with Crippen LogP contribution >= 0.6 is 27.3 Å². The molecule has 1 aromatic rings. The van der Waals surface area contributed by atoms with Crippen molar-refractivity contribution in [2.24, 2.45) is 0 Å². The molecule has 1 heterocycles. The molecule has 1 unspecified atom stereocenters. The Morgan fingerprint density at radius 2 is 2.36 bits per heavy atom. The van der Waals surface area contributed by atoms with Gasteiger partial charge < -0.3 is 4.74 Å². The van der Waals surface area contributed by atoms with Gasteiger partial charge in [0.1, 0.15) is 5.01 Å². The molecule has 0 amide bonds. The van der Waals surface area contributed by atoms with Crippen molar-refractivity contribution in [3.63, 3.8) is 0 Å². The molecule has 0 N–H and O–H groups in total. The van der Waals surface area contributed by atoms with Crippen LogP contribution in [-0.2, 0) is 0 Å². The van der Waals surface area contributed by atoms with Crippen LogP contribution in [0.15, 0.2) is 0 Å². The average molecular weight is 237 g/mol. The van der Waals surface area contributed by atoms with Crippen molar-refractivity contribution in [1.29, 1.82) is 0 Å². The van der Waals surface area contributed by atoms with Crippen molar-refractivity contribution in [2.75, 3.05) is 7.11 Å². The Morgan fingerprint density at radius 3 is 2.82 bits per heavy atom. The Bertz CT molecular complexity index is 228. The maximum atomic E-state index is 4.91. The van der Waals surface area contributed by atoms with Crippen LogP contribution in [0.5, 0.6) is 5.19 Å². The number of nitrogens with zero attached hydrogens (tertiary/aromatic N) is 2. The minimum Gasteiger partial charge on any atom is -0.472 e.